The van der Waals surface area contributed by atoms with Crippen molar-refractivity contribution in [2.24, 2.45) is 0 Å². The van der Waals surface area contributed by atoms with Crippen molar-refractivity contribution < 1.29 is 44.1 Å². The molecule has 0 heterocycles. The van der Waals surface area contributed by atoms with Crippen molar-refractivity contribution in [2.75, 3.05) is 26.2 Å². The van der Waals surface area contributed by atoms with Crippen molar-refractivity contribution in [3.8, 4) is 5.75 Å². The molecule has 0 atom stereocenters. The third kappa shape index (κ3) is 5.95. The molecule has 0 saturated heterocycles. The number of halogens is 3. The summed E-state index contributed by atoms with van der Waals surface area (Å²) >= 11 is 0. The van der Waals surface area contributed by atoms with Crippen molar-refractivity contribution >= 4 is 17.7 Å². The van der Waals surface area contributed by atoms with Crippen molar-refractivity contribution in [1.29, 1.82) is 0 Å². The highest BCUT2D eigenvalue weighted by Crippen LogP contribution is 2.49. The summed E-state index contributed by atoms with van der Waals surface area (Å²) in [5, 5.41) is 0. The van der Waals surface area contributed by atoms with Gasteiger partial charge in [0.1, 0.15) is 10.6 Å². The third-order valence-electron chi connectivity index (χ3n) is 2.85. The van der Waals surface area contributed by atoms with Crippen molar-refractivity contribution in [3.05, 3.63) is 23.8 Å². The minimum atomic E-state index is -4.97. The van der Waals surface area contributed by atoms with Crippen LogP contribution in [0.4, 0.5) is 13.2 Å². The van der Waals surface area contributed by atoms with Crippen LogP contribution in [0.2, 0.25) is 0 Å². The van der Waals surface area contributed by atoms with Crippen LogP contribution in [0.25, 0.3) is 0 Å². The van der Waals surface area contributed by atoms with Gasteiger partial charge in [-0.25, -0.2) is 0 Å². The molecule has 0 radical (unpaired) electrons. The lowest BCUT2D eigenvalue weighted by molar-refractivity contribution is -0.140. The van der Waals surface area contributed by atoms with Gasteiger partial charge in [0.15, 0.2) is 6.35 Å². The average molecular weight is 420 g/mol. The summed E-state index contributed by atoms with van der Waals surface area (Å²) in [5.74, 6) is -0.523. The molecule has 1 aromatic rings. The zero-order valence-electron chi connectivity index (χ0n) is 14.4. The molecule has 0 aliphatic rings. The maximum absolute atomic E-state index is 13.2. The smallest absolute Gasteiger partial charge is 0.417 e. The predicted octanol–water partition coefficient (Wildman–Crippen LogP) is 4.03. The lowest BCUT2D eigenvalue weighted by Gasteiger charge is -2.19. The SMILES string of the molecule is CCOc1cccc(C(F)(F)F)c1S(=O)(=O)OCP(=O)(OCC)OCC. The molecule has 0 saturated carbocycles. The van der Waals surface area contributed by atoms with E-state index in [1.54, 1.807) is 0 Å². The maximum Gasteiger partial charge on any atom is 0.417 e. The Morgan fingerprint density at radius 2 is 1.62 bits per heavy atom. The minimum Gasteiger partial charge on any atom is -0.492 e. The molecule has 12 heteroatoms. The van der Waals surface area contributed by atoms with E-state index in [0.717, 1.165) is 12.1 Å². The Balaban J connectivity index is 3.32. The van der Waals surface area contributed by atoms with E-state index < -0.39 is 46.4 Å². The molecular formula is C14H20F3O7PS. The van der Waals surface area contributed by atoms with Crippen LogP contribution in [0.3, 0.4) is 0 Å². The summed E-state index contributed by atoms with van der Waals surface area (Å²) in [5.41, 5.74) is -1.45. The Morgan fingerprint density at radius 1 is 1.04 bits per heavy atom. The second kappa shape index (κ2) is 9.18. The van der Waals surface area contributed by atoms with Crippen LogP contribution in [-0.2, 0) is 34.1 Å². The molecule has 0 aliphatic heterocycles. The lowest BCUT2D eigenvalue weighted by atomic mass is 10.2. The summed E-state index contributed by atoms with van der Waals surface area (Å²) in [4.78, 5) is -1.19. The lowest BCUT2D eigenvalue weighted by Crippen LogP contribution is -2.18. The van der Waals surface area contributed by atoms with Crippen LogP contribution in [0, 0.1) is 0 Å². The monoisotopic (exact) mass is 420 g/mol. The van der Waals surface area contributed by atoms with E-state index in [0.29, 0.717) is 6.07 Å². The fourth-order valence-electron chi connectivity index (χ4n) is 1.96. The molecule has 0 bridgehead atoms. The zero-order chi connectivity index (χ0) is 20.0. The van der Waals surface area contributed by atoms with E-state index in [1.165, 1.54) is 20.8 Å². The normalized spacial score (nSPS) is 13.0. The van der Waals surface area contributed by atoms with E-state index in [-0.39, 0.29) is 19.8 Å². The van der Waals surface area contributed by atoms with Gasteiger partial charge >= 0.3 is 23.9 Å². The Kier molecular flexibility index (Phi) is 8.09. The highest BCUT2D eigenvalue weighted by molar-refractivity contribution is 7.87. The van der Waals surface area contributed by atoms with Crippen LogP contribution in [0.5, 0.6) is 5.75 Å². The molecule has 1 rings (SSSR count). The molecule has 7 nitrogen and oxygen atoms in total. The molecule has 0 spiro atoms. The topological polar surface area (TPSA) is 88.1 Å². The average Bonchev–Trinajstić information content (AvgIpc) is 2.53. The van der Waals surface area contributed by atoms with Gasteiger partial charge in [-0.3, -0.25) is 8.75 Å². The molecule has 0 unspecified atom stereocenters. The van der Waals surface area contributed by atoms with Gasteiger partial charge in [-0.05, 0) is 32.9 Å². The highest BCUT2D eigenvalue weighted by Gasteiger charge is 2.41. The number of benzene rings is 1. The predicted molar refractivity (Wildman–Crippen MR) is 86.6 cm³/mol. The fourth-order valence-corrected chi connectivity index (χ4v) is 4.99. The largest absolute Gasteiger partial charge is 0.492 e. The second-order valence-electron chi connectivity index (χ2n) is 4.71. The first-order valence-corrected chi connectivity index (χ1v) is 10.7. The number of rotatable bonds is 10. The first-order chi connectivity index (χ1) is 12.0. The molecule has 0 N–H and O–H groups in total. The van der Waals surface area contributed by atoms with Gasteiger partial charge in [-0.2, -0.15) is 21.6 Å². The minimum absolute atomic E-state index is 0.0655. The van der Waals surface area contributed by atoms with Crippen LogP contribution in [-0.4, -0.2) is 34.6 Å². The Labute approximate surface area is 150 Å². The van der Waals surface area contributed by atoms with Gasteiger partial charge < -0.3 is 13.8 Å². The fraction of sp³-hybridized carbons (Fsp3) is 0.571. The van der Waals surface area contributed by atoms with Crippen molar-refractivity contribution in [2.45, 2.75) is 31.8 Å². The van der Waals surface area contributed by atoms with Gasteiger partial charge in [-0.1, -0.05) is 6.07 Å². The summed E-state index contributed by atoms with van der Waals surface area (Å²) in [6.45, 7) is 4.27. The zero-order valence-corrected chi connectivity index (χ0v) is 16.1. The van der Waals surface area contributed by atoms with Crippen LogP contribution < -0.4 is 4.74 Å². The van der Waals surface area contributed by atoms with E-state index >= 15 is 0 Å². The molecule has 0 fully saturated rings. The van der Waals surface area contributed by atoms with Gasteiger partial charge in [0.25, 0.3) is 0 Å². The summed E-state index contributed by atoms with van der Waals surface area (Å²) in [6, 6.07) is 2.67. The summed E-state index contributed by atoms with van der Waals surface area (Å²) in [7, 11) is -8.92. The number of alkyl halides is 3. The third-order valence-corrected chi connectivity index (χ3v) is 6.12. The number of ether oxygens (including phenoxy) is 1. The van der Waals surface area contributed by atoms with Crippen LogP contribution in [0.15, 0.2) is 23.1 Å². The van der Waals surface area contributed by atoms with E-state index in [4.69, 9.17) is 13.8 Å². The van der Waals surface area contributed by atoms with Crippen LogP contribution >= 0.6 is 7.60 Å². The Bertz CT molecular complexity index is 739. The molecule has 26 heavy (non-hydrogen) atoms. The van der Waals surface area contributed by atoms with Gasteiger partial charge in [0.05, 0.1) is 25.4 Å². The maximum atomic E-state index is 13.2. The standard InChI is InChI=1S/C14H20F3O7PS/c1-4-21-12-9-7-8-11(14(15,16)17)13(12)26(19,20)24-10-25(18,22-5-2)23-6-3/h7-9H,4-6,10H2,1-3H3. The molecule has 0 aliphatic carbocycles. The first-order valence-electron chi connectivity index (χ1n) is 7.61. The van der Waals surface area contributed by atoms with Crippen molar-refractivity contribution in [1.82, 2.24) is 0 Å². The Hall–Kier alpha value is -1.13. The van der Waals surface area contributed by atoms with E-state index in [9.17, 15) is 26.2 Å². The van der Waals surface area contributed by atoms with E-state index in [1.807, 2.05) is 0 Å². The summed E-state index contributed by atoms with van der Waals surface area (Å²) in [6.07, 6.45) is -6.03. The molecule has 0 aromatic heterocycles. The Morgan fingerprint density at radius 3 is 2.08 bits per heavy atom. The van der Waals surface area contributed by atoms with Crippen molar-refractivity contribution in [3.63, 3.8) is 0 Å². The first kappa shape index (κ1) is 22.9. The highest BCUT2D eigenvalue weighted by atomic mass is 32.2. The van der Waals surface area contributed by atoms with E-state index in [2.05, 4.69) is 4.18 Å². The van der Waals surface area contributed by atoms with Gasteiger partial charge in [0, 0.05) is 0 Å². The molecular weight excluding hydrogens is 400 g/mol. The number of hydrogen-bond donors (Lipinski definition) is 0. The number of hydrogen-bond acceptors (Lipinski definition) is 7. The quantitative estimate of drug-likeness (QED) is 0.417. The van der Waals surface area contributed by atoms with Gasteiger partial charge in [-0.15, -0.1) is 0 Å². The molecule has 0 amide bonds. The second-order valence-corrected chi connectivity index (χ2v) is 8.26. The molecule has 150 valence electrons. The van der Waals surface area contributed by atoms with Gasteiger partial charge in [0.2, 0.25) is 0 Å². The molecule has 1 aromatic carbocycles. The summed E-state index contributed by atoms with van der Waals surface area (Å²) < 4.78 is 96.2. The van der Waals surface area contributed by atoms with Crippen LogP contribution in [0.1, 0.15) is 26.3 Å².